The molecule has 0 aliphatic rings. The highest BCUT2D eigenvalue weighted by Gasteiger charge is 2.05. The Bertz CT molecular complexity index is 656. The highest BCUT2D eigenvalue weighted by Crippen LogP contribution is 2.21. The van der Waals surface area contributed by atoms with E-state index in [0.29, 0.717) is 0 Å². The molecule has 2 aromatic rings. The quantitative estimate of drug-likeness (QED) is 0.482. The number of hydrogen-bond acceptors (Lipinski definition) is 4. The Kier molecular flexibility index (Phi) is 3.51. The number of rotatable bonds is 3. The number of nitrogens with zero attached hydrogens (tertiary/aromatic N) is 2. The Morgan fingerprint density at radius 1 is 1.21 bits per heavy atom. The molecule has 0 unspecified atom stereocenters. The fourth-order valence-electron chi connectivity index (χ4n) is 1.45. The summed E-state index contributed by atoms with van der Waals surface area (Å²) in [5, 5.41) is 22.1. The van der Waals surface area contributed by atoms with Crippen LogP contribution in [0.4, 0.5) is 15.8 Å². The van der Waals surface area contributed by atoms with Crippen LogP contribution >= 0.6 is 0 Å². The average Bonchev–Trinajstić information content (AvgIpc) is 2.39. The summed E-state index contributed by atoms with van der Waals surface area (Å²) in [5.41, 5.74) is -0.111. The molecule has 0 N–H and O–H groups in total. The van der Waals surface area contributed by atoms with E-state index in [4.69, 9.17) is 0 Å². The van der Waals surface area contributed by atoms with Crippen LogP contribution in [0.2, 0.25) is 0 Å². The standard InChI is InChI=1S/C13H9FN2O3/c14-11-3-1-2-4-12(11)15-8-9-7-10(16(18)19)5-6-13(9)17/h1-8,17H/p-1. The lowest BCUT2D eigenvalue weighted by molar-refractivity contribution is -0.385. The van der Waals surface area contributed by atoms with E-state index >= 15 is 0 Å². The van der Waals surface area contributed by atoms with E-state index < -0.39 is 16.5 Å². The maximum absolute atomic E-state index is 13.3. The number of non-ortho nitro benzene ring substituents is 1. The van der Waals surface area contributed by atoms with Crippen molar-refractivity contribution in [2.75, 3.05) is 0 Å². The number of para-hydroxylation sites is 1. The normalized spacial score (nSPS) is 10.8. The highest BCUT2D eigenvalue weighted by atomic mass is 19.1. The minimum atomic E-state index is -0.611. The number of benzene rings is 2. The van der Waals surface area contributed by atoms with Gasteiger partial charge in [0.2, 0.25) is 0 Å². The van der Waals surface area contributed by atoms with E-state index in [0.717, 1.165) is 24.4 Å². The molecule has 0 aromatic heterocycles. The first kappa shape index (κ1) is 12.7. The van der Waals surface area contributed by atoms with Gasteiger partial charge in [0, 0.05) is 18.3 Å². The molecule has 0 atom stereocenters. The molecule has 6 heteroatoms. The zero-order valence-electron chi connectivity index (χ0n) is 9.62. The summed E-state index contributed by atoms with van der Waals surface area (Å²) in [5.74, 6) is -0.942. The lowest BCUT2D eigenvalue weighted by Gasteiger charge is -2.08. The molecule has 0 amide bonds. The third-order valence-corrected chi connectivity index (χ3v) is 2.40. The molecule has 2 rings (SSSR count). The monoisotopic (exact) mass is 259 g/mol. The Balaban J connectivity index is 2.35. The van der Waals surface area contributed by atoms with Crippen LogP contribution in [0.3, 0.4) is 0 Å². The molecule has 0 saturated carbocycles. The molecule has 0 aliphatic carbocycles. The van der Waals surface area contributed by atoms with Gasteiger partial charge in [0.05, 0.1) is 10.6 Å². The van der Waals surface area contributed by atoms with Crippen molar-refractivity contribution in [2.24, 2.45) is 4.99 Å². The van der Waals surface area contributed by atoms with Gasteiger partial charge in [0.1, 0.15) is 5.82 Å². The van der Waals surface area contributed by atoms with Crippen LogP contribution in [-0.4, -0.2) is 11.1 Å². The zero-order chi connectivity index (χ0) is 13.8. The Morgan fingerprint density at radius 2 is 1.95 bits per heavy atom. The summed E-state index contributed by atoms with van der Waals surface area (Å²) < 4.78 is 13.3. The van der Waals surface area contributed by atoms with Gasteiger partial charge in [-0.15, -0.1) is 0 Å². The first-order valence-corrected chi connectivity index (χ1v) is 5.32. The summed E-state index contributed by atoms with van der Waals surface area (Å²) in [7, 11) is 0. The molecule has 0 spiro atoms. The number of nitro groups is 1. The third kappa shape index (κ3) is 2.92. The van der Waals surface area contributed by atoms with Crippen molar-refractivity contribution >= 4 is 17.6 Å². The summed E-state index contributed by atoms with van der Waals surface area (Å²) in [6, 6.07) is 9.09. The number of nitro benzene ring substituents is 1. The number of halogens is 1. The van der Waals surface area contributed by atoms with Gasteiger partial charge in [0.25, 0.3) is 5.69 Å². The Morgan fingerprint density at radius 3 is 2.63 bits per heavy atom. The van der Waals surface area contributed by atoms with Crippen LogP contribution in [-0.2, 0) is 0 Å². The van der Waals surface area contributed by atoms with Crippen molar-refractivity contribution < 1.29 is 14.4 Å². The van der Waals surface area contributed by atoms with E-state index in [2.05, 4.69) is 4.99 Å². The van der Waals surface area contributed by atoms with Crippen LogP contribution in [0, 0.1) is 15.9 Å². The Labute approximate surface area is 107 Å². The van der Waals surface area contributed by atoms with Crippen molar-refractivity contribution in [3.63, 3.8) is 0 Å². The molecule has 19 heavy (non-hydrogen) atoms. The first-order valence-electron chi connectivity index (χ1n) is 5.32. The van der Waals surface area contributed by atoms with Gasteiger partial charge in [-0.3, -0.25) is 15.1 Å². The van der Waals surface area contributed by atoms with E-state index in [-0.39, 0.29) is 16.9 Å². The van der Waals surface area contributed by atoms with E-state index in [1.54, 1.807) is 6.07 Å². The van der Waals surface area contributed by atoms with Crippen LogP contribution in [0.15, 0.2) is 47.5 Å². The summed E-state index contributed by atoms with van der Waals surface area (Å²) >= 11 is 0. The van der Waals surface area contributed by atoms with Crippen molar-refractivity contribution in [3.8, 4) is 5.75 Å². The van der Waals surface area contributed by atoms with Crippen LogP contribution in [0.1, 0.15) is 5.56 Å². The Hall–Kier alpha value is -2.76. The molecule has 0 fully saturated rings. The van der Waals surface area contributed by atoms with E-state index in [9.17, 15) is 19.6 Å². The smallest absolute Gasteiger partial charge is 0.270 e. The fourth-order valence-corrected chi connectivity index (χ4v) is 1.45. The predicted molar refractivity (Wildman–Crippen MR) is 66.2 cm³/mol. The van der Waals surface area contributed by atoms with Crippen molar-refractivity contribution in [2.45, 2.75) is 0 Å². The maximum Gasteiger partial charge on any atom is 0.270 e. The van der Waals surface area contributed by atoms with Gasteiger partial charge in [-0.2, -0.15) is 0 Å². The maximum atomic E-state index is 13.3. The molecule has 0 radical (unpaired) electrons. The molecule has 0 heterocycles. The van der Waals surface area contributed by atoms with E-state index in [1.807, 2.05) is 0 Å². The second-order valence-corrected chi connectivity index (χ2v) is 3.69. The topological polar surface area (TPSA) is 78.6 Å². The molecule has 0 bridgehead atoms. The minimum absolute atomic E-state index is 0.0393. The second-order valence-electron chi connectivity index (χ2n) is 3.69. The van der Waals surface area contributed by atoms with Crippen molar-refractivity contribution in [3.05, 3.63) is 64.0 Å². The second kappa shape index (κ2) is 5.26. The zero-order valence-corrected chi connectivity index (χ0v) is 9.62. The van der Waals surface area contributed by atoms with Crippen LogP contribution in [0.5, 0.6) is 5.75 Å². The molecule has 0 saturated heterocycles. The van der Waals surface area contributed by atoms with Gasteiger partial charge in [-0.1, -0.05) is 23.9 Å². The summed E-state index contributed by atoms with van der Waals surface area (Å²) in [6.45, 7) is 0. The minimum Gasteiger partial charge on any atom is -0.872 e. The van der Waals surface area contributed by atoms with Crippen molar-refractivity contribution in [1.82, 2.24) is 0 Å². The first-order chi connectivity index (χ1) is 9.08. The third-order valence-electron chi connectivity index (χ3n) is 2.40. The predicted octanol–water partition coefficient (Wildman–Crippen LogP) is 2.56. The van der Waals surface area contributed by atoms with Gasteiger partial charge in [-0.05, 0) is 17.7 Å². The van der Waals surface area contributed by atoms with Crippen LogP contribution < -0.4 is 5.11 Å². The molecular formula is C13H8FN2O3-. The lowest BCUT2D eigenvalue weighted by Crippen LogP contribution is -1.98. The van der Waals surface area contributed by atoms with Gasteiger partial charge in [-0.25, -0.2) is 4.39 Å². The summed E-state index contributed by atoms with van der Waals surface area (Å²) in [6.07, 6.45) is 1.12. The molecule has 96 valence electrons. The molecular weight excluding hydrogens is 251 g/mol. The van der Waals surface area contributed by atoms with E-state index in [1.165, 1.54) is 18.2 Å². The largest absolute Gasteiger partial charge is 0.872 e. The average molecular weight is 259 g/mol. The van der Waals surface area contributed by atoms with Gasteiger partial charge in [0.15, 0.2) is 0 Å². The molecule has 5 nitrogen and oxygen atoms in total. The lowest BCUT2D eigenvalue weighted by atomic mass is 10.2. The fraction of sp³-hybridized carbons (Fsp3) is 0. The molecule has 2 aromatic carbocycles. The number of hydrogen-bond donors (Lipinski definition) is 0. The number of aliphatic imine (C=N–C) groups is 1. The molecule has 0 aliphatic heterocycles. The summed E-state index contributed by atoms with van der Waals surface area (Å²) in [4.78, 5) is 13.8. The van der Waals surface area contributed by atoms with Crippen LogP contribution in [0.25, 0.3) is 0 Å². The van der Waals surface area contributed by atoms with Gasteiger partial charge < -0.3 is 5.11 Å². The van der Waals surface area contributed by atoms with Crippen molar-refractivity contribution in [1.29, 1.82) is 0 Å². The highest BCUT2D eigenvalue weighted by molar-refractivity contribution is 5.86. The SMILES string of the molecule is O=[N+]([O-])c1ccc([O-])c(C=Nc2ccccc2F)c1. The van der Waals surface area contributed by atoms with Gasteiger partial charge >= 0.3 is 0 Å².